The highest BCUT2D eigenvalue weighted by Gasteiger charge is 2.38. The van der Waals surface area contributed by atoms with Crippen molar-refractivity contribution in [3.63, 3.8) is 0 Å². The number of aliphatic hydroxyl groups is 1. The molecule has 2 atom stereocenters. The molecule has 0 radical (unpaired) electrons. The molecule has 3 aromatic rings. The Morgan fingerprint density at radius 1 is 0.818 bits per heavy atom. The van der Waals surface area contributed by atoms with Crippen LogP contribution in [0.15, 0.2) is 91.0 Å². The maximum absolute atomic E-state index is 11.7. The van der Waals surface area contributed by atoms with E-state index in [-0.39, 0.29) is 19.6 Å². The van der Waals surface area contributed by atoms with Gasteiger partial charge in [0, 0.05) is 13.0 Å². The van der Waals surface area contributed by atoms with Gasteiger partial charge >= 0.3 is 0 Å². The van der Waals surface area contributed by atoms with E-state index in [9.17, 15) is 13.5 Å². The third-order valence-corrected chi connectivity index (χ3v) is 5.81. The van der Waals surface area contributed by atoms with Crippen LogP contribution in [0.1, 0.15) is 30.0 Å². The smallest absolute Gasteiger partial charge is 0.264 e. The lowest BCUT2D eigenvalue weighted by Gasteiger charge is -2.36. The minimum atomic E-state index is -3.80. The van der Waals surface area contributed by atoms with Crippen molar-refractivity contribution in [2.45, 2.75) is 31.3 Å². The molecular weight excluding hydrogens is 440 g/mol. The second kappa shape index (κ2) is 11.5. The van der Waals surface area contributed by atoms with Crippen LogP contribution in [0.4, 0.5) is 0 Å². The Morgan fingerprint density at radius 3 is 1.61 bits per heavy atom. The van der Waals surface area contributed by atoms with E-state index < -0.39 is 28.1 Å². The van der Waals surface area contributed by atoms with Crippen molar-refractivity contribution in [2.24, 2.45) is 0 Å². The summed E-state index contributed by atoms with van der Waals surface area (Å²) in [5, 5.41) is 10.3. The quantitative estimate of drug-likeness (QED) is 0.244. The minimum absolute atomic E-state index is 0.0997. The van der Waals surface area contributed by atoms with Gasteiger partial charge in [-0.2, -0.15) is 8.42 Å². The lowest BCUT2D eigenvalue weighted by molar-refractivity contribution is -0.156. The molecule has 3 aromatic carbocycles. The Bertz CT molecular complexity index is 975. The first-order chi connectivity index (χ1) is 15.9. The number of benzene rings is 3. The van der Waals surface area contributed by atoms with E-state index in [1.54, 1.807) is 6.92 Å². The van der Waals surface area contributed by atoms with Crippen molar-refractivity contribution in [3.8, 4) is 0 Å². The highest BCUT2D eigenvalue weighted by Crippen LogP contribution is 2.40. The van der Waals surface area contributed by atoms with Gasteiger partial charge in [-0.05, 0) is 23.6 Å². The molecule has 0 fully saturated rings. The molecule has 0 bridgehead atoms. The van der Waals surface area contributed by atoms with Crippen LogP contribution in [-0.2, 0) is 29.4 Å². The highest BCUT2D eigenvalue weighted by molar-refractivity contribution is 7.86. The van der Waals surface area contributed by atoms with E-state index in [4.69, 9.17) is 13.7 Å². The average molecular weight is 471 g/mol. The summed E-state index contributed by atoms with van der Waals surface area (Å²) >= 11 is 0. The minimum Gasteiger partial charge on any atom is -0.366 e. The molecule has 0 saturated heterocycles. The van der Waals surface area contributed by atoms with E-state index >= 15 is 0 Å². The number of aliphatic hydroxyl groups excluding tert-OH is 1. The highest BCUT2D eigenvalue weighted by atomic mass is 32.2. The standard InChI is InChI=1S/C26H30O6S/c1-3-30-25(27)24(32-33(2,28)29)19-20-31-26(21-13-7-4-8-14-21,22-15-9-5-10-16-22)23-17-11-6-12-18-23/h4-18,24-25,27H,3,19-20H2,1-2H3. The second-order valence-corrected chi connectivity index (χ2v) is 9.20. The van der Waals surface area contributed by atoms with Gasteiger partial charge in [0.05, 0.1) is 12.9 Å². The number of hydrogen-bond acceptors (Lipinski definition) is 6. The largest absolute Gasteiger partial charge is 0.366 e. The van der Waals surface area contributed by atoms with Crippen LogP contribution in [0.5, 0.6) is 0 Å². The van der Waals surface area contributed by atoms with E-state index in [1.165, 1.54) is 0 Å². The number of rotatable bonds is 12. The lowest BCUT2D eigenvalue weighted by atomic mass is 9.80. The predicted molar refractivity (Wildman–Crippen MR) is 127 cm³/mol. The van der Waals surface area contributed by atoms with Crippen LogP contribution in [0.3, 0.4) is 0 Å². The Morgan fingerprint density at radius 2 is 1.24 bits per heavy atom. The molecule has 2 unspecified atom stereocenters. The van der Waals surface area contributed by atoms with E-state index in [0.717, 1.165) is 22.9 Å². The van der Waals surface area contributed by atoms with E-state index in [2.05, 4.69) is 0 Å². The summed E-state index contributed by atoms with van der Waals surface area (Å²) in [7, 11) is -3.80. The molecular formula is C26H30O6S. The van der Waals surface area contributed by atoms with Crippen LogP contribution in [0, 0.1) is 0 Å². The van der Waals surface area contributed by atoms with Crippen LogP contribution in [0.25, 0.3) is 0 Å². The summed E-state index contributed by atoms with van der Waals surface area (Å²) in [4.78, 5) is 0. The Balaban J connectivity index is 2.00. The summed E-state index contributed by atoms with van der Waals surface area (Å²) in [6.07, 6.45) is -1.45. The van der Waals surface area contributed by atoms with Gasteiger partial charge in [-0.25, -0.2) is 0 Å². The van der Waals surface area contributed by atoms with E-state index in [0.29, 0.717) is 0 Å². The Labute approximate surface area is 195 Å². The third kappa shape index (κ3) is 6.50. The van der Waals surface area contributed by atoms with Crippen LogP contribution < -0.4 is 0 Å². The monoisotopic (exact) mass is 470 g/mol. The van der Waals surface area contributed by atoms with Crippen LogP contribution in [0.2, 0.25) is 0 Å². The molecule has 0 aliphatic rings. The molecule has 33 heavy (non-hydrogen) atoms. The molecule has 7 heteroatoms. The third-order valence-electron chi connectivity index (χ3n) is 5.22. The normalized spacial score (nSPS) is 14.0. The van der Waals surface area contributed by atoms with Crippen molar-refractivity contribution in [1.29, 1.82) is 0 Å². The molecule has 3 rings (SSSR count). The van der Waals surface area contributed by atoms with Crippen molar-refractivity contribution < 1.29 is 27.2 Å². The topological polar surface area (TPSA) is 82.1 Å². The van der Waals surface area contributed by atoms with Gasteiger partial charge in [0.2, 0.25) is 0 Å². The van der Waals surface area contributed by atoms with Crippen molar-refractivity contribution >= 4 is 10.1 Å². The summed E-state index contributed by atoms with van der Waals surface area (Å²) in [6, 6.07) is 29.5. The molecule has 6 nitrogen and oxygen atoms in total. The molecule has 176 valence electrons. The first-order valence-electron chi connectivity index (χ1n) is 10.9. The van der Waals surface area contributed by atoms with Gasteiger partial charge in [0.25, 0.3) is 10.1 Å². The van der Waals surface area contributed by atoms with Crippen molar-refractivity contribution in [3.05, 3.63) is 108 Å². The summed E-state index contributed by atoms with van der Waals surface area (Å²) in [6.45, 7) is 2.03. The lowest BCUT2D eigenvalue weighted by Crippen LogP contribution is -2.37. The van der Waals surface area contributed by atoms with Gasteiger partial charge in [-0.1, -0.05) is 91.0 Å². The second-order valence-electron chi connectivity index (χ2n) is 7.60. The molecule has 1 N–H and O–H groups in total. The molecule has 0 aliphatic heterocycles. The maximum Gasteiger partial charge on any atom is 0.264 e. The predicted octanol–water partition coefficient (Wildman–Crippen LogP) is 4.08. The number of ether oxygens (including phenoxy) is 2. The zero-order chi connectivity index (χ0) is 23.7. The zero-order valence-corrected chi connectivity index (χ0v) is 19.6. The molecule has 0 heterocycles. The summed E-state index contributed by atoms with van der Waals surface area (Å²) in [5.41, 5.74) is 1.82. The Hall–Kier alpha value is -2.55. The van der Waals surface area contributed by atoms with E-state index in [1.807, 2.05) is 91.0 Å². The van der Waals surface area contributed by atoms with Crippen molar-refractivity contribution in [1.82, 2.24) is 0 Å². The fourth-order valence-corrected chi connectivity index (χ4v) is 4.48. The summed E-state index contributed by atoms with van der Waals surface area (Å²) in [5.74, 6) is 0. The Kier molecular flexibility index (Phi) is 8.77. The first kappa shape index (κ1) is 25.1. The van der Waals surface area contributed by atoms with Crippen LogP contribution in [-0.4, -0.2) is 45.4 Å². The fraction of sp³-hybridized carbons (Fsp3) is 0.308. The molecule has 0 spiro atoms. The fourth-order valence-electron chi connectivity index (χ4n) is 3.84. The summed E-state index contributed by atoms with van der Waals surface area (Å²) < 4.78 is 40.4. The van der Waals surface area contributed by atoms with Gasteiger partial charge < -0.3 is 14.6 Å². The molecule has 0 aromatic heterocycles. The van der Waals surface area contributed by atoms with Crippen LogP contribution >= 0.6 is 0 Å². The van der Waals surface area contributed by atoms with Gasteiger partial charge in [0.15, 0.2) is 6.29 Å². The molecule has 0 amide bonds. The molecule has 0 saturated carbocycles. The average Bonchev–Trinajstić information content (AvgIpc) is 2.82. The van der Waals surface area contributed by atoms with Crippen molar-refractivity contribution in [2.75, 3.05) is 19.5 Å². The first-order valence-corrected chi connectivity index (χ1v) is 12.7. The van der Waals surface area contributed by atoms with Gasteiger partial charge in [-0.3, -0.25) is 4.18 Å². The SMILES string of the molecule is CCOC(O)C(CCOC(c1ccccc1)(c1ccccc1)c1ccccc1)OS(C)(=O)=O. The van der Waals surface area contributed by atoms with Gasteiger partial charge in [0.1, 0.15) is 11.7 Å². The zero-order valence-electron chi connectivity index (χ0n) is 18.8. The molecule has 0 aliphatic carbocycles. The van der Waals surface area contributed by atoms with Gasteiger partial charge in [-0.15, -0.1) is 0 Å². The number of hydrogen-bond donors (Lipinski definition) is 1. The maximum atomic E-state index is 11.7.